The highest BCUT2D eigenvalue weighted by atomic mass is 79.9. The molecule has 0 bridgehead atoms. The average molecular weight is 470 g/mol. The number of esters is 1. The third-order valence-electron chi connectivity index (χ3n) is 3.87. The van der Waals surface area contributed by atoms with E-state index in [0.717, 1.165) is 15.4 Å². The highest BCUT2D eigenvalue weighted by molar-refractivity contribution is 9.10. The van der Waals surface area contributed by atoms with Crippen molar-refractivity contribution < 1.29 is 14.3 Å². The Morgan fingerprint density at radius 1 is 1.00 bits per heavy atom. The van der Waals surface area contributed by atoms with Gasteiger partial charge in [-0.25, -0.2) is 4.79 Å². The number of carbonyl (C=O) groups excluding carboxylic acids is 1. The normalized spacial score (nSPS) is 12.1. The highest BCUT2D eigenvalue weighted by Crippen LogP contribution is 2.31. The van der Waals surface area contributed by atoms with Crippen LogP contribution in [0.15, 0.2) is 45.3 Å². The van der Waals surface area contributed by atoms with Crippen molar-refractivity contribution in [1.29, 1.82) is 0 Å². The minimum atomic E-state index is -0.409. The Kier molecular flexibility index (Phi) is 7.08. The van der Waals surface area contributed by atoms with E-state index in [1.807, 2.05) is 32.0 Å². The summed E-state index contributed by atoms with van der Waals surface area (Å²) in [4.78, 5) is 12.4. The van der Waals surface area contributed by atoms with E-state index in [0.29, 0.717) is 23.0 Å². The zero-order chi connectivity index (χ0) is 18.6. The first-order chi connectivity index (χ1) is 11.8. The van der Waals surface area contributed by atoms with Crippen LogP contribution in [0.4, 0.5) is 0 Å². The zero-order valence-corrected chi connectivity index (χ0v) is 18.0. The van der Waals surface area contributed by atoms with E-state index < -0.39 is 5.97 Å². The van der Waals surface area contributed by atoms with Gasteiger partial charge in [-0.3, -0.25) is 0 Å². The maximum absolute atomic E-state index is 12.4. The summed E-state index contributed by atoms with van der Waals surface area (Å²) in [5.41, 5.74) is 1.67. The molecule has 0 aliphatic heterocycles. The van der Waals surface area contributed by atoms with Crippen molar-refractivity contribution in [2.45, 2.75) is 46.1 Å². The van der Waals surface area contributed by atoms with Gasteiger partial charge in [-0.05, 0) is 93.9 Å². The van der Waals surface area contributed by atoms with Crippen LogP contribution in [-0.4, -0.2) is 12.1 Å². The van der Waals surface area contributed by atoms with Crippen LogP contribution in [0.2, 0.25) is 0 Å². The van der Waals surface area contributed by atoms with Crippen LogP contribution in [-0.2, 0) is 0 Å². The van der Waals surface area contributed by atoms with Gasteiger partial charge >= 0.3 is 5.97 Å². The van der Waals surface area contributed by atoms with E-state index in [9.17, 15) is 4.79 Å². The van der Waals surface area contributed by atoms with E-state index in [-0.39, 0.29) is 6.10 Å². The van der Waals surface area contributed by atoms with Gasteiger partial charge in [0.25, 0.3) is 0 Å². The maximum atomic E-state index is 12.4. The van der Waals surface area contributed by atoms with Gasteiger partial charge in [0.1, 0.15) is 11.5 Å². The molecule has 0 aromatic heterocycles. The highest BCUT2D eigenvalue weighted by Gasteiger charge is 2.15. The third kappa shape index (κ3) is 5.32. The molecule has 0 fully saturated rings. The van der Waals surface area contributed by atoms with Crippen LogP contribution < -0.4 is 9.47 Å². The Morgan fingerprint density at radius 2 is 1.64 bits per heavy atom. The van der Waals surface area contributed by atoms with Gasteiger partial charge < -0.3 is 9.47 Å². The van der Waals surface area contributed by atoms with Gasteiger partial charge in [-0.2, -0.15) is 0 Å². The summed E-state index contributed by atoms with van der Waals surface area (Å²) in [6, 6.07) is 11.0. The quantitative estimate of drug-likeness (QED) is 0.347. The lowest BCUT2D eigenvalue weighted by atomic mass is 9.99. The molecule has 3 nitrogen and oxygen atoms in total. The Labute approximate surface area is 166 Å². The number of rotatable bonds is 6. The fourth-order valence-corrected chi connectivity index (χ4v) is 3.23. The summed E-state index contributed by atoms with van der Waals surface area (Å²) >= 11 is 6.93. The molecule has 0 N–H and O–H groups in total. The molecular weight excluding hydrogens is 448 g/mol. The van der Waals surface area contributed by atoms with Crippen molar-refractivity contribution in [3.63, 3.8) is 0 Å². The third-order valence-corrected chi connectivity index (χ3v) is 5.11. The van der Waals surface area contributed by atoms with Crippen molar-refractivity contribution in [2.75, 3.05) is 0 Å². The summed E-state index contributed by atoms with van der Waals surface area (Å²) in [5, 5.41) is 0. The van der Waals surface area contributed by atoms with Gasteiger partial charge in [0.05, 0.1) is 20.6 Å². The standard InChI is InChI=1S/C20H22Br2O3/c1-5-13(4)14-6-8-19(16(21)10-14)25-20(23)15-7-9-18(17(22)11-15)24-12(2)3/h6-13H,5H2,1-4H3. The summed E-state index contributed by atoms with van der Waals surface area (Å²) in [5.74, 6) is 1.26. The Balaban J connectivity index is 2.15. The number of hydrogen-bond donors (Lipinski definition) is 0. The second-order valence-corrected chi connectivity index (χ2v) is 7.91. The van der Waals surface area contributed by atoms with Crippen LogP contribution in [0.25, 0.3) is 0 Å². The van der Waals surface area contributed by atoms with E-state index in [1.54, 1.807) is 18.2 Å². The SMILES string of the molecule is CCC(C)c1ccc(OC(=O)c2ccc(OC(C)C)c(Br)c2)c(Br)c1. The number of carbonyl (C=O) groups is 1. The first kappa shape index (κ1) is 20.0. The summed E-state index contributed by atoms with van der Waals surface area (Å²) < 4.78 is 12.7. The molecule has 0 heterocycles. The molecular formula is C20H22Br2O3. The molecule has 2 aromatic carbocycles. The van der Waals surface area contributed by atoms with E-state index in [2.05, 4.69) is 45.7 Å². The smallest absolute Gasteiger partial charge is 0.343 e. The molecule has 0 aliphatic rings. The Hall–Kier alpha value is -1.33. The van der Waals surface area contributed by atoms with Crippen LogP contribution in [0, 0.1) is 0 Å². The first-order valence-electron chi connectivity index (χ1n) is 8.29. The number of halogens is 2. The molecule has 0 amide bonds. The molecule has 134 valence electrons. The van der Waals surface area contributed by atoms with Crippen molar-refractivity contribution in [1.82, 2.24) is 0 Å². The fourth-order valence-electron chi connectivity index (χ4n) is 2.28. The van der Waals surface area contributed by atoms with Crippen molar-refractivity contribution in [2.24, 2.45) is 0 Å². The lowest BCUT2D eigenvalue weighted by molar-refractivity contribution is 0.0733. The summed E-state index contributed by atoms with van der Waals surface area (Å²) in [6.07, 6.45) is 1.12. The second-order valence-electron chi connectivity index (χ2n) is 6.20. The van der Waals surface area contributed by atoms with Gasteiger partial charge in [0.15, 0.2) is 0 Å². The van der Waals surface area contributed by atoms with Crippen LogP contribution in [0.1, 0.15) is 56.0 Å². The van der Waals surface area contributed by atoms with E-state index in [1.165, 1.54) is 5.56 Å². The Bertz CT molecular complexity index is 757. The van der Waals surface area contributed by atoms with Crippen molar-refractivity contribution in [3.8, 4) is 11.5 Å². The van der Waals surface area contributed by atoms with Gasteiger partial charge in [-0.1, -0.05) is 19.9 Å². The molecule has 5 heteroatoms. The zero-order valence-electron chi connectivity index (χ0n) is 14.8. The molecule has 2 aromatic rings. The lowest BCUT2D eigenvalue weighted by Gasteiger charge is -2.13. The molecule has 1 unspecified atom stereocenters. The topological polar surface area (TPSA) is 35.5 Å². The van der Waals surface area contributed by atoms with Crippen LogP contribution >= 0.6 is 31.9 Å². The van der Waals surface area contributed by atoms with Gasteiger partial charge in [-0.15, -0.1) is 0 Å². The van der Waals surface area contributed by atoms with E-state index in [4.69, 9.17) is 9.47 Å². The largest absolute Gasteiger partial charge is 0.490 e. The molecule has 25 heavy (non-hydrogen) atoms. The van der Waals surface area contributed by atoms with Crippen molar-refractivity contribution >= 4 is 37.8 Å². The van der Waals surface area contributed by atoms with Crippen LogP contribution in [0.3, 0.4) is 0 Å². The fraction of sp³-hybridized carbons (Fsp3) is 0.350. The van der Waals surface area contributed by atoms with Gasteiger partial charge in [0, 0.05) is 0 Å². The first-order valence-corrected chi connectivity index (χ1v) is 9.88. The molecule has 0 aliphatic carbocycles. The van der Waals surface area contributed by atoms with Crippen molar-refractivity contribution in [3.05, 3.63) is 56.5 Å². The summed E-state index contributed by atoms with van der Waals surface area (Å²) in [6.45, 7) is 8.23. The second kappa shape index (κ2) is 8.86. The minimum absolute atomic E-state index is 0.0640. The number of hydrogen-bond acceptors (Lipinski definition) is 3. The number of benzene rings is 2. The lowest BCUT2D eigenvalue weighted by Crippen LogP contribution is -2.10. The summed E-state index contributed by atoms with van der Waals surface area (Å²) in [7, 11) is 0. The molecule has 2 rings (SSSR count). The van der Waals surface area contributed by atoms with Gasteiger partial charge in [0.2, 0.25) is 0 Å². The maximum Gasteiger partial charge on any atom is 0.343 e. The average Bonchev–Trinajstić information content (AvgIpc) is 2.57. The molecule has 0 spiro atoms. The molecule has 1 atom stereocenters. The molecule has 0 radical (unpaired) electrons. The number of ether oxygens (including phenoxy) is 2. The monoisotopic (exact) mass is 468 g/mol. The van der Waals surface area contributed by atoms with Crippen LogP contribution in [0.5, 0.6) is 11.5 Å². The molecule has 0 saturated carbocycles. The minimum Gasteiger partial charge on any atom is -0.490 e. The molecule has 0 saturated heterocycles. The van der Waals surface area contributed by atoms with E-state index >= 15 is 0 Å². The predicted molar refractivity (Wildman–Crippen MR) is 108 cm³/mol. The Morgan fingerprint density at radius 3 is 2.20 bits per heavy atom. The predicted octanol–water partition coefficient (Wildman–Crippen LogP) is 6.73.